The Labute approximate surface area is 97.4 Å². The monoisotopic (exact) mass is 134 g/mol. The SMILES string of the molecule is F.O.[AlH3].[Ca+2].[H-].[H-].[H-].[Na+]. The van der Waals surface area contributed by atoms with E-state index in [1.165, 1.54) is 0 Å². The average molecular weight is 134 g/mol. The first kappa shape index (κ1) is 47.7. The third-order valence-corrected chi connectivity index (χ3v) is 0. The molecule has 0 saturated heterocycles. The summed E-state index contributed by atoms with van der Waals surface area (Å²) in [5.41, 5.74) is 0. The van der Waals surface area contributed by atoms with Crippen molar-refractivity contribution in [2.75, 3.05) is 0 Å². The van der Waals surface area contributed by atoms with Gasteiger partial charge in [-0.25, -0.2) is 0 Å². The maximum atomic E-state index is 0. The van der Waals surface area contributed by atoms with Crippen LogP contribution in [0.5, 0.6) is 0 Å². The Morgan fingerprint density at radius 3 is 1.20 bits per heavy atom. The summed E-state index contributed by atoms with van der Waals surface area (Å²) in [6, 6.07) is 0. The molecule has 0 atom stereocenters. The zero-order valence-electron chi connectivity index (χ0n) is 5.62. The van der Waals surface area contributed by atoms with Crippen LogP contribution in [0.25, 0.3) is 0 Å². The molecule has 0 aliphatic heterocycles. The van der Waals surface area contributed by atoms with E-state index >= 15 is 0 Å². The normalized spacial score (nSPS) is 0. The van der Waals surface area contributed by atoms with Gasteiger partial charge < -0.3 is 9.76 Å². The minimum Gasteiger partial charge on any atom is -1.00 e. The second-order valence-electron chi connectivity index (χ2n) is 0. The molecule has 28 valence electrons. The number of halogens is 1. The van der Waals surface area contributed by atoms with Crippen LogP contribution in [0, 0.1) is 0 Å². The number of hydrogen-bond acceptors (Lipinski definition) is 0. The summed E-state index contributed by atoms with van der Waals surface area (Å²) >= 11 is 0. The predicted octanol–water partition coefficient (Wildman–Crippen LogP) is -4.90. The predicted molar refractivity (Wildman–Crippen MR) is 25.1 cm³/mol. The first-order valence-electron chi connectivity index (χ1n) is 0. The van der Waals surface area contributed by atoms with E-state index in [9.17, 15) is 0 Å². The Morgan fingerprint density at radius 2 is 1.20 bits per heavy atom. The Kier molecular flexibility index (Phi) is 286. The van der Waals surface area contributed by atoms with Crippen LogP contribution in [-0.2, 0) is 0 Å². The molecule has 0 aromatic heterocycles. The van der Waals surface area contributed by atoms with Crippen molar-refractivity contribution in [3.05, 3.63) is 0 Å². The van der Waals surface area contributed by atoms with Crippen LogP contribution in [0.1, 0.15) is 4.28 Å². The summed E-state index contributed by atoms with van der Waals surface area (Å²) in [4.78, 5) is 0. The van der Waals surface area contributed by atoms with Gasteiger partial charge in [-0.1, -0.05) is 0 Å². The molecule has 0 fully saturated rings. The molecular weight excluding hydrogens is 125 g/mol. The zero-order valence-corrected chi connectivity index (χ0v) is 6.82. The van der Waals surface area contributed by atoms with Crippen molar-refractivity contribution in [2.24, 2.45) is 0 Å². The fraction of sp³-hybridized carbons (Fsp3) is 0. The van der Waals surface area contributed by atoms with Gasteiger partial charge in [0.05, 0.1) is 0 Å². The van der Waals surface area contributed by atoms with Gasteiger partial charge in [0, 0.05) is 0 Å². The molecule has 2 N–H and O–H groups in total. The number of hydrogen-bond donors (Lipinski definition) is 0. The van der Waals surface area contributed by atoms with Crippen molar-refractivity contribution in [3.8, 4) is 0 Å². The van der Waals surface area contributed by atoms with Gasteiger partial charge in [0.2, 0.25) is 0 Å². The Balaban J connectivity index is 0. The summed E-state index contributed by atoms with van der Waals surface area (Å²) in [5, 5.41) is 0. The molecule has 0 rings (SSSR count). The molecule has 0 aromatic rings. The van der Waals surface area contributed by atoms with Crippen LogP contribution in [0.2, 0.25) is 0 Å². The van der Waals surface area contributed by atoms with E-state index in [-0.39, 0.29) is 99.1 Å². The fourth-order valence-corrected chi connectivity index (χ4v) is 0. The largest absolute Gasteiger partial charge is 2.00 e. The summed E-state index contributed by atoms with van der Waals surface area (Å²) < 4.78 is 0. The Hall–Kier alpha value is 2.68. The van der Waals surface area contributed by atoms with Gasteiger partial charge in [0.25, 0.3) is 0 Å². The van der Waals surface area contributed by atoms with Crippen LogP contribution in [0.3, 0.4) is 0 Å². The molecule has 1 nitrogen and oxygen atoms in total. The van der Waals surface area contributed by atoms with Gasteiger partial charge >= 0.3 is 67.3 Å². The molecular formula is H9AlCaFNaO. The van der Waals surface area contributed by atoms with Crippen LogP contribution >= 0.6 is 0 Å². The van der Waals surface area contributed by atoms with Crippen LogP contribution < -0.4 is 29.6 Å². The quantitative estimate of drug-likeness (QED) is 0.297. The number of rotatable bonds is 0. The third kappa shape index (κ3) is 20.4. The molecule has 0 aliphatic carbocycles. The van der Waals surface area contributed by atoms with E-state index in [4.69, 9.17) is 0 Å². The zero-order chi connectivity index (χ0) is 0. The maximum Gasteiger partial charge on any atom is 2.00 e. The van der Waals surface area contributed by atoms with Gasteiger partial charge in [-0.15, -0.1) is 0 Å². The smallest absolute Gasteiger partial charge is 1.00 e. The van der Waals surface area contributed by atoms with Crippen molar-refractivity contribution in [3.63, 3.8) is 0 Å². The van der Waals surface area contributed by atoms with Crippen molar-refractivity contribution < 1.29 is 44.0 Å². The molecule has 0 unspecified atom stereocenters. The maximum absolute atomic E-state index is 0. The van der Waals surface area contributed by atoms with Gasteiger partial charge in [0.1, 0.15) is 0 Å². The fourth-order valence-electron chi connectivity index (χ4n) is 0. The standard InChI is InChI=1S/Al.Ca.FH.Na.H2O.6H/h;;1H;;1H2;;;;;;/q;+2;;+1;;;;;3*-1. The first-order valence-corrected chi connectivity index (χ1v) is 0. The summed E-state index contributed by atoms with van der Waals surface area (Å²) in [6.45, 7) is 0. The van der Waals surface area contributed by atoms with E-state index in [1.807, 2.05) is 0 Å². The summed E-state index contributed by atoms with van der Waals surface area (Å²) in [5.74, 6) is 0. The van der Waals surface area contributed by atoms with Crippen LogP contribution in [-0.4, -0.2) is 60.6 Å². The van der Waals surface area contributed by atoms with Crippen molar-refractivity contribution in [1.82, 2.24) is 0 Å². The van der Waals surface area contributed by atoms with E-state index < -0.39 is 0 Å². The van der Waals surface area contributed by atoms with Crippen molar-refractivity contribution in [2.45, 2.75) is 0 Å². The molecule has 0 radical (unpaired) electrons. The molecule has 0 heterocycles. The van der Waals surface area contributed by atoms with Crippen LogP contribution in [0.4, 0.5) is 4.70 Å². The molecule has 0 aromatic carbocycles. The summed E-state index contributed by atoms with van der Waals surface area (Å²) in [7, 11) is 0. The molecule has 0 saturated carbocycles. The second kappa shape index (κ2) is 30.0. The molecule has 0 amide bonds. The van der Waals surface area contributed by atoms with E-state index in [1.54, 1.807) is 0 Å². The van der Waals surface area contributed by atoms with E-state index in [0.29, 0.717) is 0 Å². The summed E-state index contributed by atoms with van der Waals surface area (Å²) in [6.07, 6.45) is 0. The molecule has 0 aliphatic rings. The van der Waals surface area contributed by atoms with Gasteiger partial charge in [-0.05, 0) is 0 Å². The first-order chi connectivity index (χ1) is 0. The van der Waals surface area contributed by atoms with Crippen LogP contribution in [0.15, 0.2) is 0 Å². The second-order valence-corrected chi connectivity index (χ2v) is 0. The van der Waals surface area contributed by atoms with Crippen molar-refractivity contribution >= 4 is 55.1 Å². The Bertz CT molecular complexity index is 19.2. The Morgan fingerprint density at radius 1 is 1.20 bits per heavy atom. The third-order valence-electron chi connectivity index (χ3n) is 0. The molecule has 0 bridgehead atoms. The average Bonchev–Trinajstić information content (AvgIpc) is 0. The van der Waals surface area contributed by atoms with E-state index in [2.05, 4.69) is 0 Å². The minimum absolute atomic E-state index is 0. The minimum atomic E-state index is 0. The molecule has 5 heavy (non-hydrogen) atoms. The molecule has 5 heteroatoms. The van der Waals surface area contributed by atoms with Crippen molar-refractivity contribution in [1.29, 1.82) is 0 Å². The molecule has 0 spiro atoms. The van der Waals surface area contributed by atoms with Gasteiger partial charge in [0.15, 0.2) is 17.4 Å². The van der Waals surface area contributed by atoms with Gasteiger partial charge in [-0.3, -0.25) is 4.70 Å². The topological polar surface area (TPSA) is 31.5 Å². The van der Waals surface area contributed by atoms with E-state index in [0.717, 1.165) is 0 Å². The van der Waals surface area contributed by atoms with Gasteiger partial charge in [-0.2, -0.15) is 0 Å².